The first-order valence-corrected chi connectivity index (χ1v) is 6.18. The first-order valence-electron chi connectivity index (χ1n) is 5.39. The Balaban J connectivity index is 2.16. The fraction of sp³-hybridized carbons (Fsp3) is 0.500. The van der Waals surface area contributed by atoms with Crippen LogP contribution in [-0.2, 0) is 0 Å². The number of aryl methyl sites for hydroxylation is 1. The van der Waals surface area contributed by atoms with Crippen LogP contribution in [0.25, 0.3) is 0 Å². The molecule has 3 heteroatoms. The number of hydrogen-bond acceptors (Lipinski definition) is 1. The molecule has 1 N–H and O–H groups in total. The van der Waals surface area contributed by atoms with Crippen LogP contribution in [0, 0.1) is 12.7 Å². The third-order valence-electron chi connectivity index (χ3n) is 2.98. The van der Waals surface area contributed by atoms with E-state index in [1.807, 2.05) is 13.0 Å². The van der Waals surface area contributed by atoms with Gasteiger partial charge in [0.05, 0.1) is 4.47 Å². The van der Waals surface area contributed by atoms with Crippen molar-refractivity contribution in [3.05, 3.63) is 28.0 Å². The van der Waals surface area contributed by atoms with Gasteiger partial charge in [-0.3, -0.25) is 0 Å². The zero-order chi connectivity index (χ0) is 10.8. The third kappa shape index (κ3) is 2.51. The quantitative estimate of drug-likeness (QED) is 0.848. The molecule has 1 nitrogen and oxygen atoms in total. The van der Waals surface area contributed by atoms with Gasteiger partial charge in [0, 0.05) is 11.7 Å². The average Bonchev–Trinajstić information content (AvgIpc) is 2.67. The van der Waals surface area contributed by atoms with Crippen LogP contribution >= 0.6 is 15.9 Å². The topological polar surface area (TPSA) is 12.0 Å². The van der Waals surface area contributed by atoms with Gasteiger partial charge in [-0.1, -0.05) is 12.8 Å². The van der Waals surface area contributed by atoms with E-state index in [1.165, 1.54) is 25.7 Å². The standard InChI is InChI=1S/C12H15BrFN/c1-8-6-10(13)11(14)7-12(8)15-9-4-2-3-5-9/h6-7,9,15H,2-5H2,1H3. The zero-order valence-corrected chi connectivity index (χ0v) is 10.4. The van der Waals surface area contributed by atoms with Crippen molar-refractivity contribution in [1.29, 1.82) is 0 Å². The Bertz CT molecular complexity index is 359. The molecular formula is C12H15BrFN. The minimum atomic E-state index is -0.193. The minimum Gasteiger partial charge on any atom is -0.382 e. The second-order valence-corrected chi connectivity index (χ2v) is 5.06. The van der Waals surface area contributed by atoms with Gasteiger partial charge in [-0.2, -0.15) is 0 Å². The number of anilines is 1. The van der Waals surface area contributed by atoms with E-state index in [2.05, 4.69) is 21.2 Å². The molecule has 0 amide bonds. The molecule has 0 saturated heterocycles. The van der Waals surface area contributed by atoms with Crippen LogP contribution in [0.4, 0.5) is 10.1 Å². The average molecular weight is 272 g/mol. The summed E-state index contributed by atoms with van der Waals surface area (Å²) >= 11 is 3.19. The van der Waals surface area contributed by atoms with Crippen LogP contribution in [0.1, 0.15) is 31.2 Å². The fourth-order valence-corrected chi connectivity index (χ4v) is 2.55. The lowest BCUT2D eigenvalue weighted by Crippen LogP contribution is -2.15. The van der Waals surface area contributed by atoms with Crippen LogP contribution in [0.2, 0.25) is 0 Å². The van der Waals surface area contributed by atoms with Crippen molar-refractivity contribution in [3.8, 4) is 0 Å². The molecule has 0 aromatic heterocycles. The van der Waals surface area contributed by atoms with Crippen LogP contribution in [0.3, 0.4) is 0 Å². The van der Waals surface area contributed by atoms with Crippen molar-refractivity contribution in [2.45, 2.75) is 38.6 Å². The molecule has 1 fully saturated rings. The van der Waals surface area contributed by atoms with E-state index >= 15 is 0 Å². The molecule has 0 radical (unpaired) electrons. The van der Waals surface area contributed by atoms with Crippen molar-refractivity contribution in [1.82, 2.24) is 0 Å². The third-order valence-corrected chi connectivity index (χ3v) is 3.59. The van der Waals surface area contributed by atoms with E-state index in [0.717, 1.165) is 11.3 Å². The van der Waals surface area contributed by atoms with E-state index in [1.54, 1.807) is 6.07 Å². The molecule has 0 heterocycles. The molecule has 0 spiro atoms. The summed E-state index contributed by atoms with van der Waals surface area (Å²) < 4.78 is 13.9. The summed E-state index contributed by atoms with van der Waals surface area (Å²) in [6, 6.07) is 3.94. The Morgan fingerprint density at radius 2 is 2.00 bits per heavy atom. The van der Waals surface area contributed by atoms with Crippen molar-refractivity contribution in [2.24, 2.45) is 0 Å². The summed E-state index contributed by atoms with van der Waals surface area (Å²) in [5, 5.41) is 3.42. The highest BCUT2D eigenvalue weighted by Crippen LogP contribution is 2.27. The van der Waals surface area contributed by atoms with E-state index in [9.17, 15) is 4.39 Å². The van der Waals surface area contributed by atoms with Crippen molar-refractivity contribution in [3.63, 3.8) is 0 Å². The molecule has 0 aliphatic heterocycles. The number of hydrogen-bond donors (Lipinski definition) is 1. The molecule has 0 unspecified atom stereocenters. The van der Waals surface area contributed by atoms with Crippen molar-refractivity contribution in [2.75, 3.05) is 5.32 Å². The Morgan fingerprint density at radius 1 is 1.33 bits per heavy atom. The number of rotatable bonds is 2. The number of halogens is 2. The molecule has 1 aliphatic rings. The van der Waals surface area contributed by atoms with E-state index < -0.39 is 0 Å². The molecule has 15 heavy (non-hydrogen) atoms. The maximum absolute atomic E-state index is 13.3. The SMILES string of the molecule is Cc1cc(Br)c(F)cc1NC1CCCC1. The van der Waals surface area contributed by atoms with Gasteiger partial charge in [0.15, 0.2) is 0 Å². The van der Waals surface area contributed by atoms with Gasteiger partial charge in [-0.25, -0.2) is 4.39 Å². The summed E-state index contributed by atoms with van der Waals surface area (Å²) in [5.41, 5.74) is 2.03. The molecular weight excluding hydrogens is 257 g/mol. The Hall–Kier alpha value is -0.570. The molecule has 2 rings (SSSR count). The van der Waals surface area contributed by atoms with Gasteiger partial charge in [-0.05, 0) is 53.4 Å². The number of nitrogens with one attached hydrogen (secondary N) is 1. The smallest absolute Gasteiger partial charge is 0.139 e. The molecule has 82 valence electrons. The molecule has 1 aliphatic carbocycles. The van der Waals surface area contributed by atoms with E-state index in [4.69, 9.17) is 0 Å². The van der Waals surface area contributed by atoms with Gasteiger partial charge >= 0.3 is 0 Å². The summed E-state index contributed by atoms with van der Waals surface area (Å²) in [7, 11) is 0. The van der Waals surface area contributed by atoms with E-state index in [-0.39, 0.29) is 5.82 Å². The normalized spacial score (nSPS) is 17.0. The van der Waals surface area contributed by atoms with Crippen LogP contribution in [-0.4, -0.2) is 6.04 Å². The lowest BCUT2D eigenvalue weighted by Gasteiger charge is -2.16. The lowest BCUT2D eigenvalue weighted by atomic mass is 10.1. The van der Waals surface area contributed by atoms with Crippen LogP contribution in [0.15, 0.2) is 16.6 Å². The lowest BCUT2D eigenvalue weighted by molar-refractivity contribution is 0.620. The molecule has 0 bridgehead atoms. The van der Waals surface area contributed by atoms with Gasteiger partial charge in [0.1, 0.15) is 5.82 Å². The zero-order valence-electron chi connectivity index (χ0n) is 8.82. The van der Waals surface area contributed by atoms with Crippen molar-refractivity contribution >= 4 is 21.6 Å². The summed E-state index contributed by atoms with van der Waals surface area (Å²) in [6.45, 7) is 2.00. The van der Waals surface area contributed by atoms with Crippen LogP contribution < -0.4 is 5.32 Å². The summed E-state index contributed by atoms with van der Waals surface area (Å²) in [6.07, 6.45) is 4.99. The number of benzene rings is 1. The Kier molecular flexibility index (Phi) is 3.29. The maximum atomic E-state index is 13.3. The monoisotopic (exact) mass is 271 g/mol. The van der Waals surface area contributed by atoms with E-state index in [0.29, 0.717) is 10.5 Å². The first-order chi connectivity index (χ1) is 7.16. The predicted octanol–water partition coefficient (Wildman–Crippen LogP) is 4.25. The van der Waals surface area contributed by atoms with Crippen molar-refractivity contribution < 1.29 is 4.39 Å². The van der Waals surface area contributed by atoms with Gasteiger partial charge < -0.3 is 5.32 Å². The van der Waals surface area contributed by atoms with Gasteiger partial charge in [0.2, 0.25) is 0 Å². The summed E-state index contributed by atoms with van der Waals surface area (Å²) in [5.74, 6) is -0.193. The highest BCUT2D eigenvalue weighted by molar-refractivity contribution is 9.10. The Morgan fingerprint density at radius 3 is 2.67 bits per heavy atom. The maximum Gasteiger partial charge on any atom is 0.139 e. The fourth-order valence-electron chi connectivity index (χ4n) is 2.09. The molecule has 1 saturated carbocycles. The molecule has 1 aromatic rings. The van der Waals surface area contributed by atoms with Crippen LogP contribution in [0.5, 0.6) is 0 Å². The largest absolute Gasteiger partial charge is 0.382 e. The molecule has 1 aromatic carbocycles. The predicted molar refractivity (Wildman–Crippen MR) is 64.7 cm³/mol. The highest BCUT2D eigenvalue weighted by atomic mass is 79.9. The Labute approximate surface area is 98.2 Å². The summed E-state index contributed by atoms with van der Waals surface area (Å²) in [4.78, 5) is 0. The first kappa shape index (κ1) is 10.9. The van der Waals surface area contributed by atoms with Gasteiger partial charge in [0.25, 0.3) is 0 Å². The van der Waals surface area contributed by atoms with Gasteiger partial charge in [-0.15, -0.1) is 0 Å². The minimum absolute atomic E-state index is 0.193. The second kappa shape index (κ2) is 4.52. The molecule has 0 atom stereocenters. The highest BCUT2D eigenvalue weighted by Gasteiger charge is 2.15. The second-order valence-electron chi connectivity index (χ2n) is 4.21.